The minimum Gasteiger partial charge on any atom is -0.477 e. The number of allylic oxidation sites excluding steroid dienone is 12. The number of carboxylic acids is 1. The van der Waals surface area contributed by atoms with E-state index in [9.17, 15) is 19.5 Å². The molecule has 0 saturated heterocycles. The lowest BCUT2D eigenvalue weighted by Crippen LogP contribution is -2.50. The summed E-state index contributed by atoms with van der Waals surface area (Å²) in [6.07, 6.45) is 59.5. The molecule has 2 atom stereocenters. The predicted octanol–water partition coefficient (Wildman–Crippen LogP) is 15.1. The lowest BCUT2D eigenvalue weighted by molar-refractivity contribution is -0.887. The maximum atomic E-state index is 12.8. The van der Waals surface area contributed by atoms with Crippen LogP contribution in [0, 0.1) is 0 Å². The fourth-order valence-electron chi connectivity index (χ4n) is 7.35. The minimum absolute atomic E-state index is 0.0443. The lowest BCUT2D eigenvalue weighted by atomic mass is 10.1. The zero-order chi connectivity index (χ0) is 47.0. The van der Waals surface area contributed by atoms with E-state index in [1.165, 1.54) is 103 Å². The van der Waals surface area contributed by atoms with Crippen LogP contribution in [0.3, 0.4) is 0 Å². The highest BCUT2D eigenvalue weighted by Crippen LogP contribution is 2.15. The molecule has 8 heteroatoms. The minimum atomic E-state index is -0.882. The van der Waals surface area contributed by atoms with Crippen molar-refractivity contribution >= 4 is 17.9 Å². The molecule has 8 nitrogen and oxygen atoms in total. The van der Waals surface area contributed by atoms with E-state index in [-0.39, 0.29) is 42.7 Å². The molecule has 64 heavy (non-hydrogen) atoms. The number of likely N-dealkylation sites (N-methyl/N-ethyl adjacent to an activating group) is 1. The summed E-state index contributed by atoms with van der Waals surface area (Å²) < 4.78 is 17.3. The number of quaternary nitrogens is 1. The Kier molecular flexibility index (Phi) is 44.0. The molecule has 0 aliphatic rings. The molecule has 0 rings (SSSR count). The molecule has 0 fully saturated rings. The van der Waals surface area contributed by atoms with Crippen LogP contribution in [0.4, 0.5) is 0 Å². The first kappa shape index (κ1) is 60.8. The predicted molar refractivity (Wildman–Crippen MR) is 270 cm³/mol. The Hall–Kier alpha value is -3.23. The number of esters is 2. The van der Waals surface area contributed by atoms with Gasteiger partial charge in [-0.1, -0.05) is 183 Å². The number of rotatable bonds is 46. The molecule has 1 N–H and O–H groups in total. The number of ether oxygens (including phenoxy) is 3. The van der Waals surface area contributed by atoms with Crippen LogP contribution in [-0.2, 0) is 28.6 Å². The molecule has 2 unspecified atom stereocenters. The topological polar surface area (TPSA) is 99.1 Å². The standard InChI is InChI=1S/C56H97NO7/c1-6-8-10-12-14-16-18-20-22-24-26-27-29-30-32-34-36-38-40-42-44-46-54(58)63-51-52(50-62-49-48-53(56(60)61)57(3,4)5)64-55(59)47-45-43-41-39-37-35-33-31-28-25-23-21-19-17-15-13-11-9-7-2/h9,11,15,17,21,23-24,26,28,31,35,37,52-53H,6-8,10,12-14,16,18-20,22,25,27,29-30,32-34,36,38-51H2,1-5H3/p+1/b11-9-,17-15-,23-21-,26-24-,31-28-,37-35-. The van der Waals surface area contributed by atoms with Crippen molar-refractivity contribution < 1.29 is 38.2 Å². The van der Waals surface area contributed by atoms with Crippen LogP contribution in [0.2, 0.25) is 0 Å². The number of carbonyl (C=O) groups is 3. The van der Waals surface area contributed by atoms with E-state index in [1.807, 2.05) is 21.1 Å². The first-order valence-electron chi connectivity index (χ1n) is 26.0. The van der Waals surface area contributed by atoms with Crippen molar-refractivity contribution in [2.75, 3.05) is 41.0 Å². The third-order valence-electron chi connectivity index (χ3n) is 11.3. The third kappa shape index (κ3) is 44.0. The van der Waals surface area contributed by atoms with Gasteiger partial charge in [0, 0.05) is 19.3 Å². The molecule has 0 heterocycles. The highest BCUT2D eigenvalue weighted by atomic mass is 16.6. The molecule has 0 bridgehead atoms. The van der Waals surface area contributed by atoms with Crippen molar-refractivity contribution in [3.8, 4) is 0 Å². The zero-order valence-corrected chi connectivity index (χ0v) is 42.0. The summed E-state index contributed by atoms with van der Waals surface area (Å²) in [5.74, 6) is -1.51. The Morgan fingerprint density at radius 3 is 1.33 bits per heavy atom. The van der Waals surface area contributed by atoms with Gasteiger partial charge in [-0.05, 0) is 83.5 Å². The Balaban J connectivity index is 4.30. The number of unbranched alkanes of at least 4 members (excludes halogenated alkanes) is 20. The van der Waals surface area contributed by atoms with Crippen molar-refractivity contribution in [2.24, 2.45) is 0 Å². The molecule has 368 valence electrons. The van der Waals surface area contributed by atoms with Crippen LogP contribution in [0.1, 0.15) is 213 Å². The van der Waals surface area contributed by atoms with Gasteiger partial charge in [-0.2, -0.15) is 0 Å². The highest BCUT2D eigenvalue weighted by Gasteiger charge is 2.31. The SMILES string of the molecule is CC/C=C\C/C=C\C/C=C\C/C=C\C/C=C\CCCCCC(=O)OC(COCCC(C(=O)O)[N+](C)(C)C)COC(=O)CCCCCCCCCCC/C=C\CCCCCCCCCC. The summed E-state index contributed by atoms with van der Waals surface area (Å²) in [5.41, 5.74) is 0. The number of carbonyl (C=O) groups excluding carboxylic acids is 2. The number of aliphatic carboxylic acids is 1. The molecule has 0 aliphatic heterocycles. The molecule has 0 radical (unpaired) electrons. The molecule has 0 amide bonds. The van der Waals surface area contributed by atoms with E-state index in [4.69, 9.17) is 14.2 Å². The van der Waals surface area contributed by atoms with E-state index in [0.29, 0.717) is 12.8 Å². The Labute approximate surface area is 393 Å². The fraction of sp³-hybridized carbons (Fsp3) is 0.732. The van der Waals surface area contributed by atoms with Gasteiger partial charge < -0.3 is 23.8 Å². The molecule has 0 saturated carbocycles. The van der Waals surface area contributed by atoms with E-state index in [2.05, 4.69) is 86.8 Å². The van der Waals surface area contributed by atoms with E-state index in [0.717, 1.165) is 77.0 Å². The van der Waals surface area contributed by atoms with Crippen molar-refractivity contribution in [1.82, 2.24) is 0 Å². The molecule has 0 aromatic carbocycles. The summed E-state index contributed by atoms with van der Waals surface area (Å²) >= 11 is 0. The van der Waals surface area contributed by atoms with Crippen LogP contribution in [0.5, 0.6) is 0 Å². The van der Waals surface area contributed by atoms with Gasteiger partial charge in [0.05, 0.1) is 34.4 Å². The molecular formula is C56H98NO7+. The van der Waals surface area contributed by atoms with Crippen LogP contribution < -0.4 is 0 Å². The first-order chi connectivity index (χ1) is 31.1. The van der Waals surface area contributed by atoms with E-state index < -0.39 is 18.1 Å². The van der Waals surface area contributed by atoms with Gasteiger partial charge in [0.1, 0.15) is 6.61 Å². The molecule has 0 spiro atoms. The number of nitrogens with zero attached hydrogens (tertiary/aromatic N) is 1. The van der Waals surface area contributed by atoms with Crippen molar-refractivity contribution in [3.63, 3.8) is 0 Å². The molecule has 0 aromatic rings. The largest absolute Gasteiger partial charge is 0.477 e. The second-order valence-corrected chi connectivity index (χ2v) is 18.4. The van der Waals surface area contributed by atoms with Crippen molar-refractivity contribution in [3.05, 3.63) is 72.9 Å². The summed E-state index contributed by atoms with van der Waals surface area (Å²) in [6.45, 7) is 4.60. The molecule has 0 aliphatic carbocycles. The van der Waals surface area contributed by atoms with E-state index >= 15 is 0 Å². The van der Waals surface area contributed by atoms with Gasteiger partial charge in [0.2, 0.25) is 0 Å². The fourth-order valence-corrected chi connectivity index (χ4v) is 7.35. The van der Waals surface area contributed by atoms with Crippen LogP contribution >= 0.6 is 0 Å². The number of hydrogen-bond acceptors (Lipinski definition) is 6. The molecule has 0 aromatic heterocycles. The van der Waals surface area contributed by atoms with Crippen molar-refractivity contribution in [1.29, 1.82) is 0 Å². The Bertz CT molecular complexity index is 1270. The lowest BCUT2D eigenvalue weighted by Gasteiger charge is -2.31. The van der Waals surface area contributed by atoms with Crippen molar-refractivity contribution in [2.45, 2.75) is 225 Å². The second kappa shape index (κ2) is 46.3. The van der Waals surface area contributed by atoms with Crippen LogP contribution in [0.25, 0.3) is 0 Å². The van der Waals surface area contributed by atoms with E-state index in [1.54, 1.807) is 0 Å². The third-order valence-corrected chi connectivity index (χ3v) is 11.3. The number of hydrogen-bond donors (Lipinski definition) is 1. The Morgan fingerprint density at radius 2 is 0.875 bits per heavy atom. The van der Waals surface area contributed by atoms with Crippen LogP contribution in [-0.4, -0.2) is 80.6 Å². The van der Waals surface area contributed by atoms with Gasteiger partial charge in [0.15, 0.2) is 12.1 Å². The summed E-state index contributed by atoms with van der Waals surface area (Å²) in [5, 5.41) is 9.65. The number of carboxylic acid groups (broad SMARTS) is 1. The normalized spacial score (nSPS) is 13.5. The molecular weight excluding hydrogens is 799 g/mol. The quantitative estimate of drug-likeness (QED) is 0.0281. The second-order valence-electron chi connectivity index (χ2n) is 18.4. The summed E-state index contributed by atoms with van der Waals surface area (Å²) in [7, 11) is 5.52. The average Bonchev–Trinajstić information content (AvgIpc) is 3.26. The zero-order valence-electron chi connectivity index (χ0n) is 42.0. The summed E-state index contributed by atoms with van der Waals surface area (Å²) in [6, 6.07) is -0.625. The summed E-state index contributed by atoms with van der Waals surface area (Å²) in [4.78, 5) is 37.2. The Morgan fingerprint density at radius 1 is 0.484 bits per heavy atom. The first-order valence-corrected chi connectivity index (χ1v) is 26.0. The van der Waals surface area contributed by atoms with Gasteiger partial charge >= 0.3 is 17.9 Å². The smallest absolute Gasteiger partial charge is 0.362 e. The van der Waals surface area contributed by atoms with Crippen LogP contribution in [0.15, 0.2) is 72.9 Å². The van der Waals surface area contributed by atoms with Gasteiger partial charge in [0.25, 0.3) is 0 Å². The highest BCUT2D eigenvalue weighted by molar-refractivity contribution is 5.72. The monoisotopic (exact) mass is 897 g/mol. The maximum Gasteiger partial charge on any atom is 0.362 e. The van der Waals surface area contributed by atoms with Gasteiger partial charge in [-0.25, -0.2) is 4.79 Å². The van der Waals surface area contributed by atoms with Gasteiger partial charge in [-0.15, -0.1) is 0 Å². The maximum absolute atomic E-state index is 12.8. The van der Waals surface area contributed by atoms with Gasteiger partial charge in [-0.3, -0.25) is 9.59 Å². The average molecular weight is 897 g/mol.